The number of fused-ring (bicyclic) bond motifs is 3. The minimum absolute atomic E-state index is 0.146. The summed E-state index contributed by atoms with van der Waals surface area (Å²) in [5.41, 5.74) is 4.93. The lowest BCUT2D eigenvalue weighted by Gasteiger charge is -2.37. The van der Waals surface area contributed by atoms with Gasteiger partial charge in [0.25, 0.3) is 0 Å². The Bertz CT molecular complexity index is 1010. The highest BCUT2D eigenvalue weighted by Crippen LogP contribution is 2.50. The van der Waals surface area contributed by atoms with E-state index in [9.17, 15) is 4.39 Å². The Hall–Kier alpha value is -2.52. The minimum Gasteiger partial charge on any atom is -0.378 e. The van der Waals surface area contributed by atoms with Crippen LogP contribution in [0.25, 0.3) is 0 Å². The summed E-state index contributed by atoms with van der Waals surface area (Å²) in [4.78, 5) is 1.29. The van der Waals surface area contributed by atoms with E-state index in [0.29, 0.717) is 11.8 Å². The molecule has 3 aromatic carbocycles. The molecule has 2 aliphatic rings. The van der Waals surface area contributed by atoms with Crippen molar-refractivity contribution in [2.75, 3.05) is 5.32 Å². The normalized spacial score (nSPS) is 22.4. The van der Waals surface area contributed by atoms with E-state index in [1.165, 1.54) is 27.8 Å². The molecule has 0 amide bonds. The molecule has 140 valence electrons. The Labute approximate surface area is 169 Å². The Morgan fingerprint density at radius 3 is 2.71 bits per heavy atom. The molecule has 1 nitrogen and oxygen atoms in total. The second-order valence-corrected chi connectivity index (χ2v) is 8.60. The van der Waals surface area contributed by atoms with Crippen molar-refractivity contribution >= 4 is 17.4 Å². The SMILES string of the molecule is Fc1cccc([C@@H]2Nc3ccc(CSc4ccccc4)cc3[C@H]3C=CC[C@@H]32)c1. The number of rotatable bonds is 4. The Balaban J connectivity index is 1.42. The number of benzene rings is 3. The van der Waals surface area contributed by atoms with E-state index in [4.69, 9.17) is 0 Å². The lowest BCUT2D eigenvalue weighted by molar-refractivity contribution is 0.424. The fraction of sp³-hybridized carbons (Fsp3) is 0.200. The average Bonchev–Trinajstić information content (AvgIpc) is 3.23. The quantitative estimate of drug-likeness (QED) is 0.384. The summed E-state index contributed by atoms with van der Waals surface area (Å²) in [6.07, 6.45) is 5.65. The first-order valence-electron chi connectivity index (χ1n) is 9.77. The van der Waals surface area contributed by atoms with E-state index < -0.39 is 0 Å². The smallest absolute Gasteiger partial charge is 0.123 e. The molecule has 0 unspecified atom stereocenters. The number of anilines is 1. The van der Waals surface area contributed by atoms with Crippen molar-refractivity contribution in [2.24, 2.45) is 5.92 Å². The van der Waals surface area contributed by atoms with Crippen molar-refractivity contribution in [1.82, 2.24) is 0 Å². The van der Waals surface area contributed by atoms with Gasteiger partial charge in [-0.2, -0.15) is 0 Å². The Kier molecular flexibility index (Phi) is 4.69. The van der Waals surface area contributed by atoms with Gasteiger partial charge in [-0.1, -0.05) is 54.6 Å². The van der Waals surface area contributed by atoms with E-state index in [-0.39, 0.29) is 11.9 Å². The summed E-state index contributed by atoms with van der Waals surface area (Å²) in [5, 5.41) is 3.70. The summed E-state index contributed by atoms with van der Waals surface area (Å²) in [6.45, 7) is 0. The van der Waals surface area contributed by atoms with Gasteiger partial charge in [-0.25, -0.2) is 4.39 Å². The molecule has 0 fully saturated rings. The molecule has 1 N–H and O–H groups in total. The first kappa shape index (κ1) is 17.6. The van der Waals surface area contributed by atoms with Gasteiger partial charge in [0.05, 0.1) is 6.04 Å². The molecule has 0 radical (unpaired) electrons. The fourth-order valence-electron chi connectivity index (χ4n) is 4.45. The van der Waals surface area contributed by atoms with Crippen molar-refractivity contribution in [3.8, 4) is 0 Å². The van der Waals surface area contributed by atoms with Crippen LogP contribution in [0, 0.1) is 11.7 Å². The van der Waals surface area contributed by atoms with Crippen LogP contribution in [-0.4, -0.2) is 0 Å². The molecule has 3 aromatic rings. The maximum absolute atomic E-state index is 13.8. The van der Waals surface area contributed by atoms with Crippen molar-refractivity contribution in [2.45, 2.75) is 29.0 Å². The lowest BCUT2D eigenvalue weighted by Crippen LogP contribution is -2.29. The molecule has 1 aliphatic heterocycles. The van der Waals surface area contributed by atoms with Gasteiger partial charge >= 0.3 is 0 Å². The molecule has 0 aromatic heterocycles. The highest BCUT2D eigenvalue weighted by Gasteiger charge is 2.37. The maximum Gasteiger partial charge on any atom is 0.123 e. The fourth-order valence-corrected chi connectivity index (χ4v) is 5.31. The number of hydrogen-bond acceptors (Lipinski definition) is 2. The van der Waals surface area contributed by atoms with Crippen LogP contribution < -0.4 is 5.32 Å². The molecule has 5 rings (SSSR count). The standard InChI is InChI=1S/C25H22FNS/c26-19-7-4-6-18(15-19)25-22-11-5-10-21(22)23-14-17(12-13-24(23)27-25)16-28-20-8-2-1-3-9-20/h1-10,12-15,21-22,25,27H,11,16H2/t21-,22-,25-/m0/s1. The Morgan fingerprint density at radius 2 is 1.86 bits per heavy atom. The van der Waals surface area contributed by atoms with Gasteiger partial charge in [0, 0.05) is 22.3 Å². The average molecular weight is 388 g/mol. The number of thioether (sulfide) groups is 1. The van der Waals surface area contributed by atoms with Crippen molar-refractivity contribution in [1.29, 1.82) is 0 Å². The second kappa shape index (κ2) is 7.48. The third kappa shape index (κ3) is 3.35. The van der Waals surface area contributed by atoms with Crippen LogP contribution >= 0.6 is 11.8 Å². The molecule has 28 heavy (non-hydrogen) atoms. The summed E-state index contributed by atoms with van der Waals surface area (Å²) in [6, 6.07) is 24.5. The lowest BCUT2D eigenvalue weighted by atomic mass is 9.76. The van der Waals surface area contributed by atoms with Gasteiger partial charge in [-0.3, -0.25) is 0 Å². The number of nitrogens with one attached hydrogen (secondary N) is 1. The first-order chi connectivity index (χ1) is 13.8. The number of hydrogen-bond donors (Lipinski definition) is 1. The summed E-state index contributed by atoms with van der Waals surface area (Å²) in [5.74, 6) is 1.63. The molecule has 0 saturated heterocycles. The summed E-state index contributed by atoms with van der Waals surface area (Å²) >= 11 is 1.87. The van der Waals surface area contributed by atoms with Gasteiger partial charge < -0.3 is 5.32 Å². The molecule has 0 spiro atoms. The topological polar surface area (TPSA) is 12.0 Å². The molecule has 3 atom stereocenters. The zero-order chi connectivity index (χ0) is 18.9. The summed E-state index contributed by atoms with van der Waals surface area (Å²) < 4.78 is 13.8. The second-order valence-electron chi connectivity index (χ2n) is 7.55. The van der Waals surface area contributed by atoms with Crippen molar-refractivity contribution < 1.29 is 4.39 Å². The largest absolute Gasteiger partial charge is 0.378 e. The van der Waals surface area contributed by atoms with E-state index in [2.05, 4.69) is 66.0 Å². The van der Waals surface area contributed by atoms with Crippen LogP contribution in [-0.2, 0) is 5.75 Å². The van der Waals surface area contributed by atoms with Crippen LogP contribution in [0.1, 0.15) is 35.1 Å². The van der Waals surface area contributed by atoms with Crippen LogP contribution in [0.3, 0.4) is 0 Å². The Morgan fingerprint density at radius 1 is 0.964 bits per heavy atom. The molecular weight excluding hydrogens is 365 g/mol. The van der Waals surface area contributed by atoms with Crippen LogP contribution in [0.4, 0.5) is 10.1 Å². The highest BCUT2D eigenvalue weighted by molar-refractivity contribution is 7.98. The molecule has 1 heterocycles. The third-order valence-electron chi connectivity index (χ3n) is 5.78. The summed E-state index contributed by atoms with van der Waals surface area (Å²) in [7, 11) is 0. The van der Waals surface area contributed by atoms with Gasteiger partial charge in [0.2, 0.25) is 0 Å². The van der Waals surface area contributed by atoms with Crippen LogP contribution in [0.15, 0.2) is 89.8 Å². The molecular formula is C25H22FNS. The van der Waals surface area contributed by atoms with Crippen LogP contribution in [0.5, 0.6) is 0 Å². The molecule has 3 heteroatoms. The van der Waals surface area contributed by atoms with E-state index in [1.54, 1.807) is 6.07 Å². The predicted molar refractivity (Wildman–Crippen MR) is 115 cm³/mol. The maximum atomic E-state index is 13.8. The monoisotopic (exact) mass is 387 g/mol. The first-order valence-corrected chi connectivity index (χ1v) is 10.8. The van der Waals surface area contributed by atoms with Crippen molar-refractivity contribution in [3.63, 3.8) is 0 Å². The van der Waals surface area contributed by atoms with E-state index in [1.807, 2.05) is 23.9 Å². The molecule has 1 aliphatic carbocycles. The zero-order valence-corrected chi connectivity index (χ0v) is 16.3. The van der Waals surface area contributed by atoms with E-state index >= 15 is 0 Å². The molecule has 0 saturated carbocycles. The number of allylic oxidation sites excluding steroid dienone is 2. The van der Waals surface area contributed by atoms with Gasteiger partial charge in [-0.05, 0) is 59.4 Å². The van der Waals surface area contributed by atoms with Gasteiger partial charge in [0.15, 0.2) is 0 Å². The van der Waals surface area contributed by atoms with Crippen molar-refractivity contribution in [3.05, 3.63) is 107 Å². The van der Waals surface area contributed by atoms with Crippen LogP contribution in [0.2, 0.25) is 0 Å². The molecule has 0 bridgehead atoms. The van der Waals surface area contributed by atoms with Gasteiger partial charge in [-0.15, -0.1) is 11.8 Å². The minimum atomic E-state index is -0.166. The van der Waals surface area contributed by atoms with E-state index in [0.717, 1.165) is 17.7 Å². The zero-order valence-electron chi connectivity index (χ0n) is 15.5. The highest BCUT2D eigenvalue weighted by atomic mass is 32.2. The van der Waals surface area contributed by atoms with Gasteiger partial charge in [0.1, 0.15) is 5.82 Å². The third-order valence-corrected chi connectivity index (χ3v) is 6.87. The predicted octanol–water partition coefficient (Wildman–Crippen LogP) is 6.94. The number of halogens is 1.